The predicted octanol–water partition coefficient (Wildman–Crippen LogP) is 0.463. The molecule has 0 radical (unpaired) electrons. The van der Waals surface area contributed by atoms with E-state index in [1.165, 1.54) is 23.1 Å². The summed E-state index contributed by atoms with van der Waals surface area (Å²) < 4.78 is 26.4. The minimum Gasteiger partial charge on any atom is -0.298 e. The molecule has 1 aliphatic heterocycles. The molecule has 1 atom stereocenters. The van der Waals surface area contributed by atoms with E-state index in [0.29, 0.717) is 30.5 Å². The van der Waals surface area contributed by atoms with E-state index in [1.54, 1.807) is 16.8 Å². The molecule has 0 bridgehead atoms. The zero-order chi connectivity index (χ0) is 15.7. The Labute approximate surface area is 128 Å². The molecule has 1 saturated heterocycles. The van der Waals surface area contributed by atoms with Crippen LogP contribution in [0.5, 0.6) is 0 Å². The topological polar surface area (TPSA) is 85.2 Å². The standard InChI is InChI=1S/C14H18N4O3S/c1-22(20,21)18-6-2-3-11(9-18)8-17-10-16-13-4-5-15-7-12(13)14(17)19/h4-5,7,10-11H,2-3,6,8-9H2,1H3/t11-/m1/s1. The average Bonchev–Trinajstić information content (AvgIpc) is 2.50. The number of nitrogens with zero attached hydrogens (tertiary/aromatic N) is 4. The second-order valence-corrected chi connectivity index (χ2v) is 7.71. The predicted molar refractivity (Wildman–Crippen MR) is 82.9 cm³/mol. The van der Waals surface area contributed by atoms with E-state index in [-0.39, 0.29) is 11.5 Å². The van der Waals surface area contributed by atoms with E-state index in [2.05, 4.69) is 9.97 Å². The Balaban J connectivity index is 1.84. The van der Waals surface area contributed by atoms with Crippen LogP contribution in [0.2, 0.25) is 0 Å². The molecule has 7 nitrogen and oxygen atoms in total. The first-order valence-electron chi connectivity index (χ1n) is 7.19. The zero-order valence-corrected chi connectivity index (χ0v) is 13.2. The number of piperidine rings is 1. The number of rotatable bonds is 3. The van der Waals surface area contributed by atoms with Crippen LogP contribution >= 0.6 is 0 Å². The molecule has 2 aromatic rings. The summed E-state index contributed by atoms with van der Waals surface area (Å²) in [6, 6.07) is 1.70. The minimum absolute atomic E-state index is 0.122. The Morgan fingerprint density at radius 3 is 3.00 bits per heavy atom. The van der Waals surface area contributed by atoms with Crippen molar-refractivity contribution in [2.45, 2.75) is 19.4 Å². The van der Waals surface area contributed by atoms with Crippen LogP contribution < -0.4 is 5.56 Å². The molecule has 1 aliphatic rings. The Morgan fingerprint density at radius 2 is 2.23 bits per heavy atom. The summed E-state index contributed by atoms with van der Waals surface area (Å²) in [4.78, 5) is 20.7. The molecule has 0 N–H and O–H groups in total. The average molecular weight is 322 g/mol. The van der Waals surface area contributed by atoms with Gasteiger partial charge in [-0.1, -0.05) is 0 Å². The summed E-state index contributed by atoms with van der Waals surface area (Å²) in [7, 11) is -3.18. The SMILES string of the molecule is CS(=O)(=O)N1CCC[C@H](Cn2cnc3ccncc3c2=O)C1. The lowest BCUT2D eigenvalue weighted by molar-refractivity contribution is 0.244. The van der Waals surface area contributed by atoms with Crippen molar-refractivity contribution in [3.05, 3.63) is 35.1 Å². The highest BCUT2D eigenvalue weighted by atomic mass is 32.2. The maximum atomic E-state index is 12.4. The molecule has 0 aliphatic carbocycles. The van der Waals surface area contributed by atoms with Gasteiger partial charge < -0.3 is 0 Å². The highest BCUT2D eigenvalue weighted by molar-refractivity contribution is 7.88. The molecule has 0 unspecified atom stereocenters. The fraction of sp³-hybridized carbons (Fsp3) is 0.500. The van der Waals surface area contributed by atoms with E-state index in [4.69, 9.17) is 0 Å². The van der Waals surface area contributed by atoms with Crippen LogP contribution in [-0.4, -0.2) is 46.6 Å². The first-order valence-corrected chi connectivity index (χ1v) is 9.04. The van der Waals surface area contributed by atoms with Crippen LogP contribution in [0.25, 0.3) is 10.9 Å². The first-order chi connectivity index (χ1) is 10.4. The van der Waals surface area contributed by atoms with Crippen molar-refractivity contribution in [3.63, 3.8) is 0 Å². The molecule has 3 rings (SSSR count). The van der Waals surface area contributed by atoms with Gasteiger partial charge in [-0.05, 0) is 24.8 Å². The zero-order valence-electron chi connectivity index (χ0n) is 12.3. The van der Waals surface area contributed by atoms with Crippen molar-refractivity contribution in [1.82, 2.24) is 18.8 Å². The van der Waals surface area contributed by atoms with Gasteiger partial charge in [0.2, 0.25) is 10.0 Å². The van der Waals surface area contributed by atoms with Crippen molar-refractivity contribution in [2.75, 3.05) is 19.3 Å². The molecule has 0 spiro atoms. The maximum absolute atomic E-state index is 12.4. The normalized spacial score (nSPS) is 20.3. The van der Waals surface area contributed by atoms with Gasteiger partial charge in [0.1, 0.15) is 0 Å². The van der Waals surface area contributed by atoms with E-state index >= 15 is 0 Å². The van der Waals surface area contributed by atoms with E-state index in [0.717, 1.165) is 12.8 Å². The van der Waals surface area contributed by atoms with Crippen molar-refractivity contribution in [3.8, 4) is 0 Å². The number of aromatic nitrogens is 3. The van der Waals surface area contributed by atoms with Gasteiger partial charge in [-0.15, -0.1) is 0 Å². The second-order valence-electron chi connectivity index (χ2n) is 5.72. The Bertz CT molecular complexity index is 847. The number of pyridine rings is 1. The third kappa shape index (κ3) is 3.02. The van der Waals surface area contributed by atoms with Gasteiger partial charge in [0.15, 0.2) is 0 Å². The van der Waals surface area contributed by atoms with Gasteiger partial charge in [0.05, 0.1) is 23.5 Å². The lowest BCUT2D eigenvalue weighted by Gasteiger charge is -2.31. The maximum Gasteiger partial charge on any atom is 0.262 e. The van der Waals surface area contributed by atoms with Crippen LogP contribution in [0.1, 0.15) is 12.8 Å². The lowest BCUT2D eigenvalue weighted by atomic mass is 9.99. The van der Waals surface area contributed by atoms with Crippen LogP contribution in [0.3, 0.4) is 0 Å². The molecule has 2 aromatic heterocycles. The Hall–Kier alpha value is -1.80. The van der Waals surface area contributed by atoms with Crippen molar-refractivity contribution < 1.29 is 8.42 Å². The molecule has 22 heavy (non-hydrogen) atoms. The number of fused-ring (bicyclic) bond motifs is 1. The number of hydrogen-bond donors (Lipinski definition) is 0. The van der Waals surface area contributed by atoms with E-state index < -0.39 is 10.0 Å². The molecule has 3 heterocycles. The fourth-order valence-corrected chi connectivity index (χ4v) is 3.83. The first kappa shape index (κ1) is 15.1. The largest absolute Gasteiger partial charge is 0.298 e. The van der Waals surface area contributed by atoms with Crippen molar-refractivity contribution >= 4 is 20.9 Å². The molecular weight excluding hydrogens is 304 g/mol. The van der Waals surface area contributed by atoms with Gasteiger partial charge in [-0.2, -0.15) is 0 Å². The summed E-state index contributed by atoms with van der Waals surface area (Å²) in [5.41, 5.74) is 0.493. The number of hydrogen-bond acceptors (Lipinski definition) is 5. The summed E-state index contributed by atoms with van der Waals surface area (Å²) in [6.45, 7) is 1.49. The van der Waals surface area contributed by atoms with Crippen LogP contribution in [0, 0.1) is 5.92 Å². The monoisotopic (exact) mass is 322 g/mol. The van der Waals surface area contributed by atoms with E-state index in [9.17, 15) is 13.2 Å². The summed E-state index contributed by atoms with van der Waals surface area (Å²) >= 11 is 0. The van der Waals surface area contributed by atoms with Gasteiger partial charge in [-0.25, -0.2) is 17.7 Å². The Morgan fingerprint density at radius 1 is 1.41 bits per heavy atom. The quantitative estimate of drug-likeness (QED) is 0.820. The van der Waals surface area contributed by atoms with Gasteiger partial charge in [0, 0.05) is 32.0 Å². The second kappa shape index (κ2) is 5.77. The fourth-order valence-electron chi connectivity index (χ4n) is 2.89. The summed E-state index contributed by atoms with van der Waals surface area (Å²) in [5.74, 6) is 0.122. The molecule has 0 aromatic carbocycles. The third-order valence-electron chi connectivity index (χ3n) is 4.03. The lowest BCUT2D eigenvalue weighted by Crippen LogP contribution is -2.41. The highest BCUT2D eigenvalue weighted by Crippen LogP contribution is 2.20. The van der Waals surface area contributed by atoms with Gasteiger partial charge in [-0.3, -0.25) is 14.3 Å². The highest BCUT2D eigenvalue weighted by Gasteiger charge is 2.26. The number of sulfonamides is 1. The minimum atomic E-state index is -3.18. The summed E-state index contributed by atoms with van der Waals surface area (Å²) in [6.07, 6.45) is 7.60. The van der Waals surface area contributed by atoms with E-state index in [1.807, 2.05) is 0 Å². The Kier molecular flexibility index (Phi) is 3.96. The third-order valence-corrected chi connectivity index (χ3v) is 5.30. The molecule has 8 heteroatoms. The summed E-state index contributed by atoms with van der Waals surface area (Å²) in [5, 5.41) is 0.487. The molecule has 118 valence electrons. The molecule has 0 saturated carbocycles. The van der Waals surface area contributed by atoms with Crippen LogP contribution in [0.15, 0.2) is 29.6 Å². The molecule has 1 fully saturated rings. The van der Waals surface area contributed by atoms with Crippen molar-refractivity contribution in [2.24, 2.45) is 5.92 Å². The van der Waals surface area contributed by atoms with Gasteiger partial charge in [0.25, 0.3) is 5.56 Å². The molecule has 0 amide bonds. The smallest absolute Gasteiger partial charge is 0.262 e. The van der Waals surface area contributed by atoms with Gasteiger partial charge >= 0.3 is 0 Å². The molecular formula is C14H18N4O3S. The van der Waals surface area contributed by atoms with Crippen LogP contribution in [0.4, 0.5) is 0 Å². The van der Waals surface area contributed by atoms with Crippen LogP contribution in [-0.2, 0) is 16.6 Å². The van der Waals surface area contributed by atoms with Crippen molar-refractivity contribution in [1.29, 1.82) is 0 Å².